The highest BCUT2D eigenvalue weighted by atomic mass is 79.9. The number of rotatable bonds is 18. The zero-order valence-corrected chi connectivity index (χ0v) is 38.3. The van der Waals surface area contributed by atoms with Crippen molar-refractivity contribution in [3.63, 3.8) is 0 Å². The van der Waals surface area contributed by atoms with E-state index in [9.17, 15) is 0 Å². The zero-order valence-electron chi connectivity index (χ0n) is 30.3. The minimum Gasteiger partial charge on any atom is -0.140 e. The van der Waals surface area contributed by atoms with E-state index in [0.717, 1.165) is 29.0 Å². The molecule has 0 bridgehead atoms. The highest BCUT2D eigenvalue weighted by molar-refractivity contribution is 9.11. The van der Waals surface area contributed by atoms with Crippen LogP contribution in [0, 0.1) is 0 Å². The van der Waals surface area contributed by atoms with Crippen molar-refractivity contribution in [2.75, 3.05) is 0 Å². The topological polar surface area (TPSA) is 0 Å². The number of halogens is 4. The molecule has 0 saturated heterocycles. The molecule has 4 aromatic carbocycles. The zero-order chi connectivity index (χ0) is 36.5. The second-order valence-electron chi connectivity index (χ2n) is 13.9. The summed E-state index contributed by atoms with van der Waals surface area (Å²) in [6.45, 7) is 4.58. The number of fused-ring (bicyclic) bond motifs is 1. The standard InChI is InChI=1S/C46H48Br4S2/c1-3-5-7-9-11-13-19-33-21-23-45(51-33)39-27-36(44(50)30-40(39)46-24-22-34(52-46)20-14-12-10-8-6-4-2)38-29-42(48)37(28-43(38)49)35-25-31-17-15-16-18-32(31)26-41(35)47/h15-18,21-30H,3-14,19-20H2,1-2H3. The molecule has 6 heteroatoms. The fraction of sp³-hybridized carbons (Fsp3) is 0.348. The minimum absolute atomic E-state index is 1.06. The molecule has 52 heavy (non-hydrogen) atoms. The average Bonchev–Trinajstić information content (AvgIpc) is 3.82. The lowest BCUT2D eigenvalue weighted by Crippen LogP contribution is -1.90. The van der Waals surface area contributed by atoms with E-state index >= 15 is 0 Å². The van der Waals surface area contributed by atoms with Gasteiger partial charge in [0.05, 0.1) is 0 Å². The van der Waals surface area contributed by atoms with Crippen LogP contribution in [0.1, 0.15) is 101 Å². The Hall–Kier alpha value is -1.54. The third kappa shape index (κ3) is 10.2. The molecule has 0 atom stereocenters. The molecule has 0 fully saturated rings. The van der Waals surface area contributed by atoms with E-state index in [1.807, 2.05) is 22.7 Å². The van der Waals surface area contributed by atoms with Gasteiger partial charge >= 0.3 is 0 Å². The van der Waals surface area contributed by atoms with Gasteiger partial charge in [-0.05, 0) is 119 Å². The third-order valence-corrected chi connectivity index (χ3v) is 15.0. The van der Waals surface area contributed by atoms with Crippen LogP contribution in [0.15, 0.2) is 103 Å². The van der Waals surface area contributed by atoms with Gasteiger partial charge in [0, 0.05) is 48.5 Å². The highest BCUT2D eigenvalue weighted by Crippen LogP contribution is 2.48. The molecule has 0 N–H and O–H groups in total. The fourth-order valence-corrected chi connectivity index (χ4v) is 11.4. The summed E-state index contributed by atoms with van der Waals surface area (Å²) < 4.78 is 4.32. The molecule has 0 saturated carbocycles. The summed E-state index contributed by atoms with van der Waals surface area (Å²) in [6, 6.07) is 31.8. The van der Waals surface area contributed by atoms with Gasteiger partial charge in [-0.1, -0.05) is 166 Å². The van der Waals surface area contributed by atoms with Gasteiger partial charge < -0.3 is 0 Å². The molecule has 6 rings (SSSR count). The van der Waals surface area contributed by atoms with Gasteiger partial charge in [-0.15, -0.1) is 22.7 Å². The van der Waals surface area contributed by atoms with Crippen molar-refractivity contribution in [2.45, 2.75) is 104 Å². The molecule has 0 aliphatic rings. The van der Waals surface area contributed by atoms with Crippen LogP contribution in [0.5, 0.6) is 0 Å². The van der Waals surface area contributed by atoms with Gasteiger partial charge in [-0.2, -0.15) is 0 Å². The maximum Gasteiger partial charge on any atom is 0.0352 e. The molecule has 2 aromatic heterocycles. The van der Waals surface area contributed by atoms with Gasteiger partial charge in [0.2, 0.25) is 0 Å². The van der Waals surface area contributed by atoms with Crippen molar-refractivity contribution in [1.82, 2.24) is 0 Å². The maximum absolute atomic E-state index is 4.06. The Balaban J connectivity index is 1.33. The fourth-order valence-electron chi connectivity index (χ4n) is 7.04. The quantitative estimate of drug-likeness (QED) is 0.0753. The average molecular weight is 985 g/mol. The number of hydrogen-bond donors (Lipinski definition) is 0. The first kappa shape index (κ1) is 40.1. The van der Waals surface area contributed by atoms with Crippen molar-refractivity contribution < 1.29 is 0 Å². The summed E-state index contributed by atoms with van der Waals surface area (Å²) in [6.07, 6.45) is 18.3. The van der Waals surface area contributed by atoms with Gasteiger partial charge in [0.15, 0.2) is 0 Å². The molecular weight excluding hydrogens is 936 g/mol. The van der Waals surface area contributed by atoms with E-state index in [1.165, 1.54) is 142 Å². The lowest BCUT2D eigenvalue weighted by molar-refractivity contribution is 0.609. The molecule has 0 spiro atoms. The summed E-state index contributed by atoms with van der Waals surface area (Å²) in [5.74, 6) is 0. The molecule has 2 heterocycles. The monoisotopic (exact) mass is 980 g/mol. The van der Waals surface area contributed by atoms with Crippen LogP contribution < -0.4 is 0 Å². The lowest BCUT2D eigenvalue weighted by atomic mass is 9.95. The van der Waals surface area contributed by atoms with Gasteiger partial charge in [0.25, 0.3) is 0 Å². The van der Waals surface area contributed by atoms with Crippen LogP contribution >= 0.6 is 86.4 Å². The van der Waals surface area contributed by atoms with Gasteiger partial charge in [0.1, 0.15) is 0 Å². The SMILES string of the molecule is CCCCCCCCc1ccc(-c2cc(Br)c(-c3cc(Br)c(-c4cc5ccccc5cc4Br)cc3Br)cc2-c2ccc(CCCCCCCC)s2)s1. The van der Waals surface area contributed by atoms with Crippen molar-refractivity contribution >= 4 is 97.2 Å². The number of aryl methyl sites for hydroxylation is 2. The van der Waals surface area contributed by atoms with Crippen LogP contribution in [0.3, 0.4) is 0 Å². The molecule has 272 valence electrons. The first-order valence-electron chi connectivity index (χ1n) is 19.1. The summed E-state index contributed by atoms with van der Waals surface area (Å²) in [5, 5.41) is 2.46. The maximum atomic E-state index is 4.06. The summed E-state index contributed by atoms with van der Waals surface area (Å²) >= 11 is 19.9. The van der Waals surface area contributed by atoms with E-state index in [1.54, 1.807) is 0 Å². The first-order valence-corrected chi connectivity index (χ1v) is 23.9. The van der Waals surface area contributed by atoms with Crippen LogP contribution in [0.2, 0.25) is 0 Å². The Kier molecular flexibility index (Phi) is 15.3. The third-order valence-electron chi connectivity index (χ3n) is 9.99. The predicted octanol–water partition coefficient (Wildman–Crippen LogP) is 18.5. The molecule has 0 nitrogen and oxygen atoms in total. The first-order chi connectivity index (χ1) is 25.4. The Bertz CT molecular complexity index is 2090. The number of unbranched alkanes of at least 4 members (excludes halogenated alkanes) is 10. The summed E-state index contributed by atoms with van der Waals surface area (Å²) in [4.78, 5) is 5.69. The Labute approximate surface area is 353 Å². The van der Waals surface area contributed by atoms with Crippen molar-refractivity contribution in [2.24, 2.45) is 0 Å². The van der Waals surface area contributed by atoms with Crippen LogP contribution in [-0.4, -0.2) is 0 Å². The summed E-state index contributed by atoms with van der Waals surface area (Å²) in [7, 11) is 0. The molecule has 0 amide bonds. The van der Waals surface area contributed by atoms with E-state index < -0.39 is 0 Å². The van der Waals surface area contributed by atoms with E-state index in [2.05, 4.69) is 162 Å². The van der Waals surface area contributed by atoms with E-state index in [4.69, 9.17) is 0 Å². The van der Waals surface area contributed by atoms with Crippen LogP contribution in [0.4, 0.5) is 0 Å². The Morgan fingerprint density at radius 1 is 0.385 bits per heavy atom. The van der Waals surface area contributed by atoms with Crippen LogP contribution in [-0.2, 0) is 12.8 Å². The van der Waals surface area contributed by atoms with Gasteiger partial charge in [-0.25, -0.2) is 0 Å². The number of thiophene rings is 2. The smallest absolute Gasteiger partial charge is 0.0352 e. The largest absolute Gasteiger partial charge is 0.140 e. The molecule has 0 unspecified atom stereocenters. The molecule has 0 aliphatic heterocycles. The Morgan fingerprint density at radius 2 is 0.769 bits per heavy atom. The number of benzene rings is 4. The lowest BCUT2D eigenvalue weighted by Gasteiger charge is -2.17. The second-order valence-corrected chi connectivity index (χ2v) is 19.7. The molecular formula is C46H48Br4S2. The highest BCUT2D eigenvalue weighted by Gasteiger charge is 2.20. The van der Waals surface area contributed by atoms with Crippen molar-refractivity contribution in [3.05, 3.63) is 113 Å². The van der Waals surface area contributed by atoms with E-state index in [0.29, 0.717) is 0 Å². The second kappa shape index (κ2) is 19.9. The van der Waals surface area contributed by atoms with Crippen LogP contribution in [0.25, 0.3) is 53.9 Å². The van der Waals surface area contributed by atoms with Gasteiger partial charge in [-0.3, -0.25) is 0 Å². The normalized spacial score (nSPS) is 11.6. The Morgan fingerprint density at radius 3 is 1.29 bits per heavy atom. The molecule has 6 aromatic rings. The van der Waals surface area contributed by atoms with E-state index in [-0.39, 0.29) is 0 Å². The summed E-state index contributed by atoms with van der Waals surface area (Å²) in [5.41, 5.74) is 7.29. The minimum atomic E-state index is 1.06. The predicted molar refractivity (Wildman–Crippen MR) is 246 cm³/mol. The van der Waals surface area contributed by atoms with Crippen molar-refractivity contribution in [1.29, 1.82) is 0 Å². The molecule has 0 radical (unpaired) electrons. The van der Waals surface area contributed by atoms with Crippen molar-refractivity contribution in [3.8, 4) is 43.1 Å². The molecule has 0 aliphatic carbocycles. The number of hydrogen-bond acceptors (Lipinski definition) is 2.